The summed E-state index contributed by atoms with van der Waals surface area (Å²) in [5.74, 6) is 0.280. The third-order valence-corrected chi connectivity index (χ3v) is 2.33. The average molecular weight is 215 g/mol. The molecule has 0 amide bonds. The van der Waals surface area contributed by atoms with E-state index in [4.69, 9.17) is 21.1 Å². The van der Waals surface area contributed by atoms with E-state index in [9.17, 15) is 0 Å². The quantitative estimate of drug-likeness (QED) is 0.751. The first-order valence-corrected chi connectivity index (χ1v) is 4.89. The molecule has 0 aliphatic carbocycles. The Balaban J connectivity index is 2.71. The van der Waals surface area contributed by atoms with Gasteiger partial charge in [0, 0.05) is 25.2 Å². The van der Waals surface area contributed by atoms with Crippen molar-refractivity contribution in [1.29, 1.82) is 0 Å². The highest BCUT2D eigenvalue weighted by Gasteiger charge is 2.10. The maximum atomic E-state index is 5.81. The molecule has 78 valence electrons. The van der Waals surface area contributed by atoms with Gasteiger partial charge in [0.2, 0.25) is 0 Å². The Bertz CT molecular complexity index is 252. The molecule has 3 heteroatoms. The van der Waals surface area contributed by atoms with E-state index in [-0.39, 0.29) is 5.92 Å². The van der Waals surface area contributed by atoms with Gasteiger partial charge in [-0.1, -0.05) is 23.7 Å². The lowest BCUT2D eigenvalue weighted by Crippen LogP contribution is -2.12. The van der Waals surface area contributed by atoms with Crippen LogP contribution in [0.4, 0.5) is 0 Å². The molecule has 0 saturated carbocycles. The molecule has 1 rings (SSSR count). The Kier molecular flexibility index (Phi) is 4.94. The van der Waals surface area contributed by atoms with Crippen molar-refractivity contribution in [3.8, 4) is 0 Å². The summed E-state index contributed by atoms with van der Waals surface area (Å²) >= 11 is 5.81. The Hall–Kier alpha value is -0.570. The SMILES string of the molecule is COCC(COC)c1ccc(Cl)cc1. The fraction of sp³-hybridized carbons (Fsp3) is 0.455. The van der Waals surface area contributed by atoms with E-state index in [1.54, 1.807) is 14.2 Å². The fourth-order valence-corrected chi connectivity index (χ4v) is 1.50. The molecular formula is C11H15ClO2. The molecule has 0 radical (unpaired) electrons. The third kappa shape index (κ3) is 3.29. The van der Waals surface area contributed by atoms with Gasteiger partial charge in [-0.05, 0) is 17.7 Å². The maximum absolute atomic E-state index is 5.81. The predicted molar refractivity (Wildman–Crippen MR) is 57.9 cm³/mol. The van der Waals surface area contributed by atoms with E-state index >= 15 is 0 Å². The highest BCUT2D eigenvalue weighted by atomic mass is 35.5. The number of hydrogen-bond donors (Lipinski definition) is 0. The first kappa shape index (κ1) is 11.5. The molecule has 0 atom stereocenters. The summed E-state index contributed by atoms with van der Waals surface area (Å²) < 4.78 is 10.3. The lowest BCUT2D eigenvalue weighted by atomic mass is 10.0. The monoisotopic (exact) mass is 214 g/mol. The summed E-state index contributed by atoms with van der Waals surface area (Å²) in [5.41, 5.74) is 1.19. The van der Waals surface area contributed by atoms with Crippen LogP contribution in [0.1, 0.15) is 11.5 Å². The van der Waals surface area contributed by atoms with Crippen molar-refractivity contribution in [2.24, 2.45) is 0 Å². The fourth-order valence-electron chi connectivity index (χ4n) is 1.38. The molecule has 1 aromatic rings. The van der Waals surface area contributed by atoms with Gasteiger partial charge in [0.1, 0.15) is 0 Å². The lowest BCUT2D eigenvalue weighted by molar-refractivity contribution is 0.117. The van der Waals surface area contributed by atoms with E-state index in [2.05, 4.69) is 0 Å². The molecule has 0 fully saturated rings. The van der Waals surface area contributed by atoms with Crippen LogP contribution in [0.15, 0.2) is 24.3 Å². The zero-order chi connectivity index (χ0) is 10.4. The van der Waals surface area contributed by atoms with Gasteiger partial charge in [0.15, 0.2) is 0 Å². The molecule has 0 saturated heterocycles. The van der Waals surface area contributed by atoms with E-state index in [1.165, 1.54) is 5.56 Å². The molecule has 0 heterocycles. The van der Waals surface area contributed by atoms with Crippen LogP contribution in [-0.4, -0.2) is 27.4 Å². The van der Waals surface area contributed by atoms with Gasteiger partial charge in [-0.2, -0.15) is 0 Å². The summed E-state index contributed by atoms with van der Waals surface area (Å²) in [7, 11) is 3.39. The minimum atomic E-state index is 0.280. The Morgan fingerprint density at radius 1 is 1.07 bits per heavy atom. The van der Waals surface area contributed by atoms with Crippen molar-refractivity contribution in [3.63, 3.8) is 0 Å². The molecule has 0 spiro atoms. The molecule has 0 unspecified atom stereocenters. The highest BCUT2D eigenvalue weighted by molar-refractivity contribution is 6.30. The summed E-state index contributed by atoms with van der Waals surface area (Å²) in [6.45, 7) is 1.32. The van der Waals surface area contributed by atoms with E-state index in [1.807, 2.05) is 24.3 Å². The topological polar surface area (TPSA) is 18.5 Å². The molecule has 2 nitrogen and oxygen atoms in total. The Morgan fingerprint density at radius 2 is 1.57 bits per heavy atom. The van der Waals surface area contributed by atoms with Crippen LogP contribution in [0.3, 0.4) is 0 Å². The largest absolute Gasteiger partial charge is 0.384 e. The zero-order valence-corrected chi connectivity index (χ0v) is 9.25. The van der Waals surface area contributed by atoms with Crippen molar-refractivity contribution < 1.29 is 9.47 Å². The van der Waals surface area contributed by atoms with Crippen molar-refractivity contribution >= 4 is 11.6 Å². The van der Waals surface area contributed by atoms with Crippen molar-refractivity contribution in [2.45, 2.75) is 5.92 Å². The normalized spacial score (nSPS) is 10.9. The molecule has 0 aromatic heterocycles. The number of rotatable bonds is 5. The Morgan fingerprint density at radius 3 is 2.00 bits per heavy atom. The minimum Gasteiger partial charge on any atom is -0.384 e. The number of benzene rings is 1. The first-order valence-electron chi connectivity index (χ1n) is 4.51. The average Bonchev–Trinajstić information content (AvgIpc) is 2.19. The molecule has 0 aliphatic rings. The highest BCUT2D eigenvalue weighted by Crippen LogP contribution is 2.19. The van der Waals surface area contributed by atoms with Gasteiger partial charge in [0.25, 0.3) is 0 Å². The van der Waals surface area contributed by atoms with Crippen LogP contribution in [0, 0.1) is 0 Å². The lowest BCUT2D eigenvalue weighted by Gasteiger charge is -2.15. The predicted octanol–water partition coefficient (Wildman–Crippen LogP) is 2.72. The molecule has 0 aliphatic heterocycles. The minimum absolute atomic E-state index is 0.280. The summed E-state index contributed by atoms with van der Waals surface area (Å²) in [6.07, 6.45) is 0. The summed E-state index contributed by atoms with van der Waals surface area (Å²) in [4.78, 5) is 0. The van der Waals surface area contributed by atoms with Crippen LogP contribution in [0.25, 0.3) is 0 Å². The van der Waals surface area contributed by atoms with Crippen LogP contribution in [0.2, 0.25) is 5.02 Å². The molecular weight excluding hydrogens is 200 g/mol. The van der Waals surface area contributed by atoms with Gasteiger partial charge < -0.3 is 9.47 Å². The van der Waals surface area contributed by atoms with E-state index < -0.39 is 0 Å². The first-order chi connectivity index (χ1) is 6.77. The smallest absolute Gasteiger partial charge is 0.0553 e. The van der Waals surface area contributed by atoms with Gasteiger partial charge in [-0.3, -0.25) is 0 Å². The van der Waals surface area contributed by atoms with Crippen molar-refractivity contribution in [3.05, 3.63) is 34.9 Å². The van der Waals surface area contributed by atoms with Crippen LogP contribution < -0.4 is 0 Å². The molecule has 0 N–H and O–H groups in total. The number of hydrogen-bond acceptors (Lipinski definition) is 2. The number of ether oxygens (including phenoxy) is 2. The van der Waals surface area contributed by atoms with Gasteiger partial charge >= 0.3 is 0 Å². The molecule has 14 heavy (non-hydrogen) atoms. The van der Waals surface area contributed by atoms with Crippen LogP contribution in [-0.2, 0) is 9.47 Å². The Labute approximate surface area is 89.8 Å². The number of halogens is 1. The summed E-state index contributed by atoms with van der Waals surface area (Å²) in [5, 5.41) is 0.752. The van der Waals surface area contributed by atoms with Gasteiger partial charge in [-0.15, -0.1) is 0 Å². The van der Waals surface area contributed by atoms with Gasteiger partial charge in [-0.25, -0.2) is 0 Å². The van der Waals surface area contributed by atoms with Crippen LogP contribution in [0.5, 0.6) is 0 Å². The van der Waals surface area contributed by atoms with E-state index in [0.717, 1.165) is 5.02 Å². The second kappa shape index (κ2) is 6.02. The van der Waals surface area contributed by atoms with Crippen molar-refractivity contribution in [1.82, 2.24) is 0 Å². The maximum Gasteiger partial charge on any atom is 0.0553 e. The van der Waals surface area contributed by atoms with Gasteiger partial charge in [0.05, 0.1) is 13.2 Å². The second-order valence-electron chi connectivity index (χ2n) is 3.16. The molecule has 1 aromatic carbocycles. The number of methoxy groups -OCH3 is 2. The summed E-state index contributed by atoms with van der Waals surface area (Å²) in [6, 6.07) is 7.78. The second-order valence-corrected chi connectivity index (χ2v) is 3.60. The zero-order valence-electron chi connectivity index (χ0n) is 8.50. The van der Waals surface area contributed by atoms with E-state index in [0.29, 0.717) is 13.2 Å². The molecule has 0 bridgehead atoms. The van der Waals surface area contributed by atoms with Crippen molar-refractivity contribution in [2.75, 3.05) is 27.4 Å². The van der Waals surface area contributed by atoms with Crippen LogP contribution >= 0.6 is 11.6 Å². The third-order valence-electron chi connectivity index (χ3n) is 2.08. The standard InChI is InChI=1S/C11H15ClO2/c1-13-7-10(8-14-2)9-3-5-11(12)6-4-9/h3-6,10H,7-8H2,1-2H3.